The quantitative estimate of drug-likeness (QED) is 0.851. The predicted octanol–water partition coefficient (Wildman–Crippen LogP) is 3.42. The van der Waals surface area contributed by atoms with E-state index in [9.17, 15) is 0 Å². The highest BCUT2D eigenvalue weighted by molar-refractivity contribution is 5.67. The Morgan fingerprint density at radius 1 is 1.14 bits per heavy atom. The van der Waals surface area contributed by atoms with Crippen LogP contribution in [0.25, 0.3) is 0 Å². The summed E-state index contributed by atoms with van der Waals surface area (Å²) in [7, 11) is 4.06. The second-order valence-electron chi connectivity index (χ2n) is 5.19. The molecule has 0 amide bonds. The van der Waals surface area contributed by atoms with Crippen molar-refractivity contribution in [1.29, 1.82) is 0 Å². The van der Waals surface area contributed by atoms with E-state index in [-0.39, 0.29) is 0 Å². The molecule has 1 aromatic heterocycles. The molecule has 21 heavy (non-hydrogen) atoms. The topological polar surface area (TPSA) is 53.1 Å². The molecule has 1 heterocycles. The van der Waals surface area contributed by atoms with E-state index in [4.69, 9.17) is 0 Å². The van der Waals surface area contributed by atoms with Gasteiger partial charge in [0.15, 0.2) is 0 Å². The summed E-state index contributed by atoms with van der Waals surface area (Å²) in [5.74, 6) is 1.72. The van der Waals surface area contributed by atoms with Gasteiger partial charge in [0.25, 0.3) is 0 Å². The number of hydrogen-bond donors (Lipinski definition) is 2. The Bertz CT molecular complexity index is 595. The van der Waals surface area contributed by atoms with E-state index in [2.05, 4.69) is 44.6 Å². The fourth-order valence-electron chi connectivity index (χ4n) is 2.00. The summed E-state index contributed by atoms with van der Waals surface area (Å²) in [6.45, 7) is 5.07. The molecule has 0 aliphatic rings. The third kappa shape index (κ3) is 3.84. The Labute approximate surface area is 126 Å². The smallest absolute Gasteiger partial charge is 0.138 e. The summed E-state index contributed by atoms with van der Waals surface area (Å²) in [4.78, 5) is 10.7. The molecule has 0 radical (unpaired) electrons. The number of anilines is 4. The highest BCUT2D eigenvalue weighted by Gasteiger charge is 2.07. The Morgan fingerprint density at radius 3 is 2.62 bits per heavy atom. The van der Waals surface area contributed by atoms with Gasteiger partial charge in [-0.15, -0.1) is 0 Å². The first-order valence-corrected chi connectivity index (χ1v) is 7.21. The van der Waals surface area contributed by atoms with Gasteiger partial charge >= 0.3 is 0 Å². The predicted molar refractivity (Wildman–Crippen MR) is 89.6 cm³/mol. The minimum absolute atomic E-state index is 0.833. The van der Waals surface area contributed by atoms with Gasteiger partial charge < -0.3 is 15.5 Å². The zero-order valence-electron chi connectivity index (χ0n) is 13.1. The summed E-state index contributed by atoms with van der Waals surface area (Å²) in [5, 5.41) is 6.69. The van der Waals surface area contributed by atoms with E-state index >= 15 is 0 Å². The van der Waals surface area contributed by atoms with Gasteiger partial charge in [0.1, 0.15) is 18.0 Å². The molecule has 0 atom stereocenters. The fourth-order valence-corrected chi connectivity index (χ4v) is 2.00. The van der Waals surface area contributed by atoms with E-state index in [1.807, 2.05) is 33.2 Å². The maximum atomic E-state index is 4.34. The van der Waals surface area contributed by atoms with Crippen molar-refractivity contribution < 1.29 is 0 Å². The molecule has 0 unspecified atom stereocenters. The van der Waals surface area contributed by atoms with Crippen molar-refractivity contribution in [3.63, 3.8) is 0 Å². The van der Waals surface area contributed by atoms with Crippen LogP contribution in [0.2, 0.25) is 0 Å². The van der Waals surface area contributed by atoms with Crippen LogP contribution in [0.4, 0.5) is 23.0 Å². The van der Waals surface area contributed by atoms with Crippen LogP contribution in [0.1, 0.15) is 18.9 Å². The van der Waals surface area contributed by atoms with Crippen molar-refractivity contribution >= 4 is 23.0 Å². The molecule has 0 aliphatic heterocycles. The van der Waals surface area contributed by atoms with Crippen LogP contribution < -0.4 is 15.5 Å². The average molecular weight is 285 g/mol. The first kappa shape index (κ1) is 15.1. The van der Waals surface area contributed by atoms with Gasteiger partial charge in [-0.2, -0.15) is 0 Å². The highest BCUT2D eigenvalue weighted by atomic mass is 15.1. The second kappa shape index (κ2) is 6.92. The van der Waals surface area contributed by atoms with E-state index in [0.717, 1.165) is 41.5 Å². The first-order valence-electron chi connectivity index (χ1n) is 7.21. The molecule has 0 bridgehead atoms. The van der Waals surface area contributed by atoms with Crippen LogP contribution >= 0.6 is 0 Å². The third-order valence-corrected chi connectivity index (χ3v) is 3.25. The summed E-state index contributed by atoms with van der Waals surface area (Å²) in [5.41, 5.74) is 3.20. The molecule has 1 aromatic carbocycles. The number of rotatable bonds is 6. The Kier molecular flexibility index (Phi) is 4.98. The molecule has 5 nitrogen and oxygen atoms in total. The lowest BCUT2D eigenvalue weighted by atomic mass is 10.2. The maximum Gasteiger partial charge on any atom is 0.138 e. The molecule has 2 aromatic rings. The molecule has 0 fully saturated rings. The van der Waals surface area contributed by atoms with Crippen molar-refractivity contribution in [3.05, 3.63) is 36.2 Å². The standard InChI is InChI=1S/C16H23N5/c1-5-9-17-15-12(2)16(19-11-18-15)20-13-7-6-8-14(10-13)21(3)4/h6-8,10-11H,5,9H2,1-4H3,(H2,17,18,19,20). The molecule has 112 valence electrons. The van der Waals surface area contributed by atoms with Gasteiger partial charge in [-0.25, -0.2) is 9.97 Å². The third-order valence-electron chi connectivity index (χ3n) is 3.25. The summed E-state index contributed by atoms with van der Waals surface area (Å²) in [6, 6.07) is 8.24. The number of aromatic nitrogens is 2. The maximum absolute atomic E-state index is 4.34. The number of benzene rings is 1. The zero-order valence-corrected chi connectivity index (χ0v) is 13.1. The zero-order chi connectivity index (χ0) is 15.2. The summed E-state index contributed by atoms with van der Waals surface area (Å²) in [6.07, 6.45) is 2.65. The van der Waals surface area contributed by atoms with Crippen LogP contribution in [0.15, 0.2) is 30.6 Å². The first-order chi connectivity index (χ1) is 10.1. The monoisotopic (exact) mass is 285 g/mol. The van der Waals surface area contributed by atoms with Gasteiger partial charge in [0, 0.05) is 37.6 Å². The Morgan fingerprint density at radius 2 is 1.90 bits per heavy atom. The fraction of sp³-hybridized carbons (Fsp3) is 0.375. The molecular formula is C16H23N5. The highest BCUT2D eigenvalue weighted by Crippen LogP contribution is 2.24. The van der Waals surface area contributed by atoms with E-state index in [1.54, 1.807) is 6.33 Å². The molecule has 5 heteroatoms. The van der Waals surface area contributed by atoms with Crippen molar-refractivity contribution in [2.75, 3.05) is 36.2 Å². The van der Waals surface area contributed by atoms with Crippen molar-refractivity contribution in [2.45, 2.75) is 20.3 Å². The second-order valence-corrected chi connectivity index (χ2v) is 5.19. The van der Waals surface area contributed by atoms with Gasteiger partial charge in [0.05, 0.1) is 0 Å². The van der Waals surface area contributed by atoms with Crippen molar-refractivity contribution in [2.24, 2.45) is 0 Å². The van der Waals surface area contributed by atoms with Gasteiger partial charge in [-0.1, -0.05) is 13.0 Å². The number of nitrogens with one attached hydrogen (secondary N) is 2. The minimum atomic E-state index is 0.833. The Hall–Kier alpha value is -2.30. The van der Waals surface area contributed by atoms with Gasteiger partial charge in [-0.05, 0) is 31.5 Å². The molecule has 2 rings (SSSR count). The van der Waals surface area contributed by atoms with E-state index in [0.29, 0.717) is 0 Å². The Balaban J connectivity index is 2.21. The average Bonchev–Trinajstić information content (AvgIpc) is 2.48. The van der Waals surface area contributed by atoms with Crippen LogP contribution in [-0.2, 0) is 0 Å². The molecule has 2 N–H and O–H groups in total. The lowest BCUT2D eigenvalue weighted by Crippen LogP contribution is -2.09. The van der Waals surface area contributed by atoms with Gasteiger partial charge in [-0.3, -0.25) is 0 Å². The molecule has 0 spiro atoms. The van der Waals surface area contributed by atoms with Crippen LogP contribution in [-0.4, -0.2) is 30.6 Å². The largest absolute Gasteiger partial charge is 0.378 e. The molecular weight excluding hydrogens is 262 g/mol. The van der Waals surface area contributed by atoms with Crippen LogP contribution in [0, 0.1) is 6.92 Å². The molecule has 0 saturated carbocycles. The molecule has 0 saturated heterocycles. The lowest BCUT2D eigenvalue weighted by Gasteiger charge is -2.15. The van der Waals surface area contributed by atoms with E-state index < -0.39 is 0 Å². The number of hydrogen-bond acceptors (Lipinski definition) is 5. The SMILES string of the molecule is CCCNc1ncnc(Nc2cccc(N(C)C)c2)c1C. The molecule has 0 aliphatic carbocycles. The minimum Gasteiger partial charge on any atom is -0.378 e. The normalized spacial score (nSPS) is 10.3. The summed E-state index contributed by atoms with van der Waals surface area (Å²) >= 11 is 0. The van der Waals surface area contributed by atoms with Crippen LogP contribution in [0.5, 0.6) is 0 Å². The van der Waals surface area contributed by atoms with Gasteiger partial charge in [0.2, 0.25) is 0 Å². The number of nitrogens with zero attached hydrogens (tertiary/aromatic N) is 3. The van der Waals surface area contributed by atoms with E-state index in [1.165, 1.54) is 0 Å². The lowest BCUT2D eigenvalue weighted by molar-refractivity contribution is 0.960. The van der Waals surface area contributed by atoms with Crippen LogP contribution in [0.3, 0.4) is 0 Å². The van der Waals surface area contributed by atoms with Crippen molar-refractivity contribution in [1.82, 2.24) is 9.97 Å². The summed E-state index contributed by atoms with van der Waals surface area (Å²) < 4.78 is 0. The van der Waals surface area contributed by atoms with Crippen molar-refractivity contribution in [3.8, 4) is 0 Å².